The van der Waals surface area contributed by atoms with Crippen molar-refractivity contribution >= 4 is 11.9 Å². The van der Waals surface area contributed by atoms with Gasteiger partial charge in [-0.2, -0.15) is 0 Å². The highest BCUT2D eigenvalue weighted by atomic mass is 16.5. The molecule has 0 aromatic carbocycles. The van der Waals surface area contributed by atoms with E-state index in [4.69, 9.17) is 9.47 Å². The third-order valence-corrected chi connectivity index (χ3v) is 4.42. The largest absolute Gasteiger partial charge is 0.461 e. The first kappa shape index (κ1) is 23.1. The summed E-state index contributed by atoms with van der Waals surface area (Å²) in [4.78, 5) is 27.7. The lowest BCUT2D eigenvalue weighted by Gasteiger charge is -2.06. The third-order valence-electron chi connectivity index (χ3n) is 4.42. The number of esters is 2. The standard InChI is InChI=1S/C22H35NO4/c1-3-5-6-7-8-9-10-11-12-13-14-18-27-22(25)20-17-15-16-19(23-20)21(24)26-4-2/h15-17H,3-14,18H2,1-2H3. The zero-order valence-electron chi connectivity index (χ0n) is 17.0. The Morgan fingerprint density at radius 3 is 1.74 bits per heavy atom. The van der Waals surface area contributed by atoms with Gasteiger partial charge in [0.05, 0.1) is 13.2 Å². The van der Waals surface area contributed by atoms with Gasteiger partial charge in [0, 0.05) is 0 Å². The molecule has 0 saturated carbocycles. The lowest BCUT2D eigenvalue weighted by molar-refractivity contribution is 0.0488. The van der Waals surface area contributed by atoms with E-state index in [2.05, 4.69) is 11.9 Å². The molecule has 0 unspecified atom stereocenters. The summed E-state index contributed by atoms with van der Waals surface area (Å²) in [5, 5.41) is 0. The van der Waals surface area contributed by atoms with Crippen molar-refractivity contribution in [3.63, 3.8) is 0 Å². The zero-order valence-corrected chi connectivity index (χ0v) is 17.0. The van der Waals surface area contributed by atoms with E-state index in [-0.39, 0.29) is 18.0 Å². The van der Waals surface area contributed by atoms with Crippen molar-refractivity contribution in [3.05, 3.63) is 29.6 Å². The predicted molar refractivity (Wildman–Crippen MR) is 107 cm³/mol. The average Bonchev–Trinajstić information content (AvgIpc) is 2.69. The van der Waals surface area contributed by atoms with Gasteiger partial charge in [-0.05, 0) is 25.5 Å². The monoisotopic (exact) mass is 377 g/mol. The molecule has 5 heteroatoms. The van der Waals surface area contributed by atoms with Gasteiger partial charge < -0.3 is 9.47 Å². The van der Waals surface area contributed by atoms with E-state index in [1.165, 1.54) is 63.9 Å². The fourth-order valence-corrected chi connectivity index (χ4v) is 2.87. The average molecular weight is 378 g/mol. The minimum absolute atomic E-state index is 0.126. The molecule has 0 saturated heterocycles. The first-order valence-corrected chi connectivity index (χ1v) is 10.5. The SMILES string of the molecule is CCCCCCCCCCCCCOC(=O)c1cccc(C(=O)OCC)n1. The molecule has 0 aliphatic carbocycles. The maximum atomic E-state index is 12.0. The quantitative estimate of drug-likeness (QED) is 0.289. The summed E-state index contributed by atoms with van der Waals surface area (Å²) in [5.41, 5.74) is 0.268. The van der Waals surface area contributed by atoms with E-state index < -0.39 is 11.9 Å². The second-order valence-electron chi connectivity index (χ2n) is 6.80. The van der Waals surface area contributed by atoms with Crippen molar-refractivity contribution in [2.24, 2.45) is 0 Å². The summed E-state index contributed by atoms with van der Waals surface area (Å²) >= 11 is 0. The van der Waals surface area contributed by atoms with Gasteiger partial charge in [0.25, 0.3) is 0 Å². The molecule has 1 aromatic heterocycles. The van der Waals surface area contributed by atoms with E-state index in [0.29, 0.717) is 6.61 Å². The Morgan fingerprint density at radius 1 is 0.741 bits per heavy atom. The van der Waals surface area contributed by atoms with Crippen molar-refractivity contribution in [2.45, 2.75) is 84.5 Å². The first-order valence-electron chi connectivity index (χ1n) is 10.5. The van der Waals surface area contributed by atoms with E-state index in [9.17, 15) is 9.59 Å². The number of carbonyl (C=O) groups excluding carboxylic acids is 2. The highest BCUT2D eigenvalue weighted by Gasteiger charge is 2.13. The molecule has 0 bridgehead atoms. The number of rotatable bonds is 15. The summed E-state index contributed by atoms with van der Waals surface area (Å²) < 4.78 is 10.1. The highest BCUT2D eigenvalue weighted by Crippen LogP contribution is 2.11. The molecule has 1 aromatic rings. The Morgan fingerprint density at radius 2 is 1.22 bits per heavy atom. The molecule has 0 fully saturated rings. The Balaban J connectivity index is 2.09. The van der Waals surface area contributed by atoms with Crippen LogP contribution in [0.4, 0.5) is 0 Å². The summed E-state index contributed by atoms with van der Waals surface area (Å²) in [5.74, 6) is -1.02. The number of aromatic nitrogens is 1. The number of hydrogen-bond acceptors (Lipinski definition) is 5. The molecule has 1 heterocycles. The van der Waals surface area contributed by atoms with Gasteiger partial charge in [-0.1, -0.05) is 77.2 Å². The van der Waals surface area contributed by atoms with E-state index in [1.807, 2.05) is 0 Å². The maximum absolute atomic E-state index is 12.0. The lowest BCUT2D eigenvalue weighted by Crippen LogP contribution is -2.13. The van der Waals surface area contributed by atoms with Crippen LogP contribution in [0, 0.1) is 0 Å². The van der Waals surface area contributed by atoms with Crippen LogP contribution in [0.25, 0.3) is 0 Å². The van der Waals surface area contributed by atoms with Gasteiger partial charge in [-0.3, -0.25) is 0 Å². The number of pyridine rings is 1. The number of carbonyl (C=O) groups is 2. The maximum Gasteiger partial charge on any atom is 0.356 e. The fourth-order valence-electron chi connectivity index (χ4n) is 2.87. The van der Waals surface area contributed by atoms with Crippen LogP contribution in [0.5, 0.6) is 0 Å². The molecule has 0 N–H and O–H groups in total. The summed E-state index contributed by atoms with van der Waals surface area (Å²) in [6.07, 6.45) is 13.8. The number of unbranched alkanes of at least 4 members (excludes halogenated alkanes) is 10. The molecule has 0 radical (unpaired) electrons. The topological polar surface area (TPSA) is 65.5 Å². The Bertz CT molecular complexity index is 545. The minimum atomic E-state index is -0.530. The van der Waals surface area contributed by atoms with Crippen LogP contribution in [0.15, 0.2) is 18.2 Å². The van der Waals surface area contributed by atoms with Gasteiger partial charge in [-0.25, -0.2) is 14.6 Å². The van der Waals surface area contributed by atoms with Crippen molar-refractivity contribution in [1.82, 2.24) is 4.98 Å². The third kappa shape index (κ3) is 10.7. The van der Waals surface area contributed by atoms with Crippen LogP contribution in [0.2, 0.25) is 0 Å². The van der Waals surface area contributed by atoms with Crippen LogP contribution in [-0.4, -0.2) is 30.1 Å². The van der Waals surface area contributed by atoms with Crippen LogP contribution in [-0.2, 0) is 9.47 Å². The fraction of sp³-hybridized carbons (Fsp3) is 0.682. The first-order chi connectivity index (χ1) is 13.2. The normalized spacial score (nSPS) is 10.6. The summed E-state index contributed by atoms with van der Waals surface area (Å²) in [6, 6.07) is 4.68. The zero-order chi connectivity index (χ0) is 19.7. The lowest BCUT2D eigenvalue weighted by atomic mass is 10.1. The number of hydrogen-bond donors (Lipinski definition) is 0. The number of nitrogens with zero attached hydrogens (tertiary/aromatic N) is 1. The van der Waals surface area contributed by atoms with Crippen molar-refractivity contribution in [1.29, 1.82) is 0 Å². The van der Waals surface area contributed by atoms with Gasteiger partial charge in [0.1, 0.15) is 11.4 Å². The highest BCUT2D eigenvalue weighted by molar-refractivity contribution is 5.91. The minimum Gasteiger partial charge on any atom is -0.461 e. The van der Waals surface area contributed by atoms with E-state index >= 15 is 0 Å². The Hall–Kier alpha value is -1.91. The van der Waals surface area contributed by atoms with Crippen LogP contribution in [0.1, 0.15) is 105 Å². The van der Waals surface area contributed by atoms with E-state index in [0.717, 1.165) is 12.8 Å². The van der Waals surface area contributed by atoms with Gasteiger partial charge in [0.2, 0.25) is 0 Å². The van der Waals surface area contributed by atoms with Crippen molar-refractivity contribution < 1.29 is 19.1 Å². The van der Waals surface area contributed by atoms with Gasteiger partial charge in [-0.15, -0.1) is 0 Å². The molecule has 5 nitrogen and oxygen atoms in total. The Labute approximate surface area is 163 Å². The molecular weight excluding hydrogens is 342 g/mol. The van der Waals surface area contributed by atoms with Crippen LogP contribution >= 0.6 is 0 Å². The smallest absolute Gasteiger partial charge is 0.356 e. The second kappa shape index (κ2) is 15.2. The van der Waals surface area contributed by atoms with E-state index in [1.54, 1.807) is 19.1 Å². The molecule has 27 heavy (non-hydrogen) atoms. The van der Waals surface area contributed by atoms with Crippen molar-refractivity contribution in [2.75, 3.05) is 13.2 Å². The van der Waals surface area contributed by atoms with Gasteiger partial charge in [0.15, 0.2) is 0 Å². The molecule has 0 spiro atoms. The number of ether oxygens (including phenoxy) is 2. The molecule has 0 amide bonds. The van der Waals surface area contributed by atoms with Crippen LogP contribution < -0.4 is 0 Å². The Kier molecular flexibility index (Phi) is 13.0. The predicted octanol–water partition coefficient (Wildman–Crippen LogP) is 5.73. The molecule has 0 aliphatic heterocycles. The summed E-state index contributed by atoms with van der Waals surface area (Å²) in [6.45, 7) is 4.63. The molecule has 0 atom stereocenters. The molecular formula is C22H35NO4. The molecule has 152 valence electrons. The molecule has 0 aliphatic rings. The van der Waals surface area contributed by atoms with Crippen LogP contribution in [0.3, 0.4) is 0 Å². The molecule has 1 rings (SSSR count). The van der Waals surface area contributed by atoms with Crippen molar-refractivity contribution in [3.8, 4) is 0 Å². The van der Waals surface area contributed by atoms with Gasteiger partial charge >= 0.3 is 11.9 Å². The summed E-state index contributed by atoms with van der Waals surface area (Å²) in [7, 11) is 0. The second-order valence-corrected chi connectivity index (χ2v) is 6.80.